The number of hydrogen-bond donors (Lipinski definition) is 1. The summed E-state index contributed by atoms with van der Waals surface area (Å²) in [6.45, 7) is 6.04. The Morgan fingerprint density at radius 3 is 2.09 bits per heavy atom. The molecule has 2 aromatic carbocycles. The third-order valence-corrected chi connectivity index (χ3v) is 4.14. The predicted octanol–water partition coefficient (Wildman–Crippen LogP) is 3.34. The van der Waals surface area contributed by atoms with Gasteiger partial charge in [0.1, 0.15) is 5.84 Å². The zero-order valence-corrected chi connectivity index (χ0v) is 13.3. The second-order valence-corrected chi connectivity index (χ2v) is 6.17. The molecule has 1 heterocycles. The fourth-order valence-corrected chi connectivity index (χ4v) is 2.75. The summed E-state index contributed by atoms with van der Waals surface area (Å²) in [4.78, 5) is 4.44. The Hall–Kier alpha value is -2.13. The minimum atomic E-state index is 0.583. The van der Waals surface area contributed by atoms with Crippen LogP contribution in [0.1, 0.15) is 42.0 Å². The van der Waals surface area contributed by atoms with Crippen LogP contribution >= 0.6 is 0 Å². The minimum Gasteiger partial charge on any atom is -0.293 e. The first kappa shape index (κ1) is 14.8. The lowest BCUT2D eigenvalue weighted by Gasteiger charge is -2.13. The second kappa shape index (κ2) is 6.32. The molecule has 0 atom stereocenters. The maximum Gasteiger partial charge on any atom is 0.145 e. The molecule has 0 aromatic heterocycles. The maximum absolute atomic E-state index is 5.91. The van der Waals surface area contributed by atoms with E-state index in [-0.39, 0.29) is 0 Å². The number of nitrogens with zero attached hydrogens (tertiary/aromatic N) is 2. The van der Waals surface area contributed by atoms with E-state index in [1.165, 1.54) is 16.7 Å². The second-order valence-electron chi connectivity index (χ2n) is 6.17. The average molecular weight is 293 g/mol. The van der Waals surface area contributed by atoms with Gasteiger partial charge in [0, 0.05) is 5.56 Å². The lowest BCUT2D eigenvalue weighted by atomic mass is 9.98. The molecule has 1 aliphatic heterocycles. The van der Waals surface area contributed by atoms with Gasteiger partial charge in [0.2, 0.25) is 0 Å². The smallest absolute Gasteiger partial charge is 0.145 e. The molecule has 114 valence electrons. The van der Waals surface area contributed by atoms with Crippen LogP contribution in [0, 0.1) is 0 Å². The first-order valence-corrected chi connectivity index (χ1v) is 7.88. The van der Waals surface area contributed by atoms with Gasteiger partial charge in [-0.25, -0.2) is 5.84 Å². The van der Waals surface area contributed by atoms with E-state index in [1.54, 1.807) is 5.01 Å². The monoisotopic (exact) mass is 293 g/mol. The number of benzene rings is 2. The Balaban J connectivity index is 1.71. The largest absolute Gasteiger partial charge is 0.293 e. The Morgan fingerprint density at radius 1 is 1.00 bits per heavy atom. The van der Waals surface area contributed by atoms with Crippen LogP contribution in [0.25, 0.3) is 0 Å². The van der Waals surface area contributed by atoms with Crippen molar-refractivity contribution < 1.29 is 0 Å². The quantitative estimate of drug-likeness (QED) is 0.878. The Labute approximate surface area is 132 Å². The van der Waals surface area contributed by atoms with Crippen molar-refractivity contribution in [2.24, 2.45) is 10.8 Å². The van der Waals surface area contributed by atoms with Crippen molar-refractivity contribution >= 4 is 5.84 Å². The number of aliphatic imine (C=N–C) groups is 1. The van der Waals surface area contributed by atoms with Gasteiger partial charge in [0.05, 0.1) is 13.1 Å². The normalized spacial score (nSPS) is 14.5. The van der Waals surface area contributed by atoms with Gasteiger partial charge < -0.3 is 0 Å². The van der Waals surface area contributed by atoms with E-state index >= 15 is 0 Å². The lowest BCUT2D eigenvalue weighted by Crippen LogP contribution is -2.34. The van der Waals surface area contributed by atoms with Gasteiger partial charge in [-0.3, -0.25) is 10.0 Å². The number of hydrogen-bond acceptors (Lipinski definition) is 3. The zero-order chi connectivity index (χ0) is 15.5. The van der Waals surface area contributed by atoms with E-state index < -0.39 is 0 Å². The molecular weight excluding hydrogens is 270 g/mol. The zero-order valence-electron chi connectivity index (χ0n) is 13.3. The molecule has 0 saturated heterocycles. The van der Waals surface area contributed by atoms with E-state index in [0.717, 1.165) is 30.9 Å². The highest BCUT2D eigenvalue weighted by molar-refractivity contribution is 5.99. The molecule has 0 spiro atoms. The Morgan fingerprint density at radius 2 is 1.59 bits per heavy atom. The molecule has 0 radical (unpaired) electrons. The van der Waals surface area contributed by atoms with Gasteiger partial charge in [0.15, 0.2) is 0 Å². The van der Waals surface area contributed by atoms with Crippen LogP contribution in [-0.2, 0) is 6.42 Å². The third-order valence-electron chi connectivity index (χ3n) is 4.14. The number of nitrogens with two attached hydrogens (primary N) is 1. The summed E-state index contributed by atoms with van der Waals surface area (Å²) in [5.74, 6) is 7.39. The molecule has 0 aliphatic carbocycles. The highest BCUT2D eigenvalue weighted by Gasteiger charge is 2.14. The molecule has 22 heavy (non-hydrogen) atoms. The van der Waals surface area contributed by atoms with Crippen molar-refractivity contribution in [2.75, 3.05) is 13.1 Å². The average Bonchev–Trinajstić information content (AvgIpc) is 2.95. The molecule has 0 amide bonds. The molecule has 3 nitrogen and oxygen atoms in total. The molecule has 1 aliphatic rings. The topological polar surface area (TPSA) is 41.6 Å². The van der Waals surface area contributed by atoms with Gasteiger partial charge in [-0.2, -0.15) is 0 Å². The summed E-state index contributed by atoms with van der Waals surface area (Å²) in [6.07, 6.45) is 0.956. The van der Waals surface area contributed by atoms with Gasteiger partial charge in [-0.15, -0.1) is 0 Å². The summed E-state index contributed by atoms with van der Waals surface area (Å²) in [7, 11) is 0. The van der Waals surface area contributed by atoms with Crippen LogP contribution in [-0.4, -0.2) is 23.9 Å². The third kappa shape index (κ3) is 3.20. The van der Waals surface area contributed by atoms with Gasteiger partial charge in [-0.1, -0.05) is 62.4 Å². The van der Waals surface area contributed by atoms with E-state index in [9.17, 15) is 0 Å². The molecule has 0 unspecified atom stereocenters. The van der Waals surface area contributed by atoms with Gasteiger partial charge in [-0.05, 0) is 29.0 Å². The van der Waals surface area contributed by atoms with Crippen LogP contribution < -0.4 is 5.84 Å². The van der Waals surface area contributed by atoms with Crippen LogP contribution in [0.3, 0.4) is 0 Å². The highest BCUT2D eigenvalue weighted by Crippen LogP contribution is 2.17. The number of hydrazine groups is 1. The fraction of sp³-hybridized carbons (Fsp3) is 0.316. The van der Waals surface area contributed by atoms with Gasteiger partial charge >= 0.3 is 0 Å². The molecule has 3 rings (SSSR count). The van der Waals surface area contributed by atoms with E-state index in [1.807, 2.05) is 0 Å². The number of rotatable bonds is 4. The number of amidine groups is 1. The van der Waals surface area contributed by atoms with Crippen molar-refractivity contribution in [3.63, 3.8) is 0 Å². The molecule has 3 heteroatoms. The standard InChI is InChI=1S/C19H23N3/c1-14(2)17-7-3-15(4-8-17)13-16-5-9-18(10-6-16)19-21-11-12-22(19)20/h3-10,14H,11-13,20H2,1-2H3. The molecule has 0 bridgehead atoms. The van der Waals surface area contributed by atoms with Crippen LogP contribution in [0.4, 0.5) is 0 Å². The molecule has 0 fully saturated rings. The first-order valence-electron chi connectivity index (χ1n) is 7.88. The molecular formula is C19H23N3. The van der Waals surface area contributed by atoms with Crippen molar-refractivity contribution in [1.29, 1.82) is 0 Å². The summed E-state index contributed by atoms with van der Waals surface area (Å²) in [6, 6.07) is 17.5. The summed E-state index contributed by atoms with van der Waals surface area (Å²) < 4.78 is 0. The maximum atomic E-state index is 5.91. The molecule has 2 N–H and O–H groups in total. The minimum absolute atomic E-state index is 0.583. The first-order chi connectivity index (χ1) is 10.6. The SMILES string of the molecule is CC(C)c1ccc(Cc2ccc(C3=NCCN3N)cc2)cc1. The van der Waals surface area contributed by atoms with Crippen LogP contribution in [0.15, 0.2) is 53.5 Å². The Bertz CT molecular complexity index is 654. The van der Waals surface area contributed by atoms with Crippen LogP contribution in [0.5, 0.6) is 0 Å². The van der Waals surface area contributed by atoms with Crippen molar-refractivity contribution in [2.45, 2.75) is 26.2 Å². The van der Waals surface area contributed by atoms with E-state index in [0.29, 0.717) is 5.92 Å². The summed E-state index contributed by atoms with van der Waals surface area (Å²) in [5, 5.41) is 1.72. The molecule has 0 saturated carbocycles. The van der Waals surface area contributed by atoms with Crippen molar-refractivity contribution in [3.05, 3.63) is 70.8 Å². The summed E-state index contributed by atoms with van der Waals surface area (Å²) in [5.41, 5.74) is 5.14. The fourth-order valence-electron chi connectivity index (χ4n) is 2.75. The van der Waals surface area contributed by atoms with E-state index in [2.05, 4.69) is 67.4 Å². The van der Waals surface area contributed by atoms with Crippen LogP contribution in [0.2, 0.25) is 0 Å². The van der Waals surface area contributed by atoms with Crippen molar-refractivity contribution in [3.8, 4) is 0 Å². The van der Waals surface area contributed by atoms with Gasteiger partial charge in [0.25, 0.3) is 0 Å². The molecule has 2 aromatic rings. The predicted molar refractivity (Wildman–Crippen MR) is 92.1 cm³/mol. The van der Waals surface area contributed by atoms with E-state index in [4.69, 9.17) is 5.84 Å². The summed E-state index contributed by atoms with van der Waals surface area (Å²) >= 11 is 0. The highest BCUT2D eigenvalue weighted by atomic mass is 15.5. The van der Waals surface area contributed by atoms with Crippen molar-refractivity contribution in [1.82, 2.24) is 5.01 Å². The Kier molecular flexibility index (Phi) is 4.25. The lowest BCUT2D eigenvalue weighted by molar-refractivity contribution is 0.484.